The van der Waals surface area contributed by atoms with Gasteiger partial charge in [-0.1, -0.05) is 47.5 Å². The normalized spacial score (nSPS) is 16.4. The third-order valence-corrected chi connectivity index (χ3v) is 5.94. The Labute approximate surface area is 190 Å². The first kappa shape index (κ1) is 21.5. The number of hydrogen-bond acceptors (Lipinski definition) is 3. The first-order chi connectivity index (χ1) is 15.0. The smallest absolute Gasteiger partial charge is 0.262 e. The lowest BCUT2D eigenvalue weighted by molar-refractivity contribution is -0.117. The van der Waals surface area contributed by atoms with Crippen LogP contribution in [0.25, 0.3) is 17.0 Å². The first-order valence-electron chi connectivity index (χ1n) is 10.1. The van der Waals surface area contributed by atoms with Crippen LogP contribution in [0.2, 0.25) is 10.0 Å². The molecule has 1 atom stereocenters. The number of carbonyl (C=O) groups excluding carboxylic acids is 1. The van der Waals surface area contributed by atoms with Gasteiger partial charge in [-0.15, -0.1) is 0 Å². The highest BCUT2D eigenvalue weighted by atomic mass is 35.5. The van der Waals surface area contributed by atoms with Gasteiger partial charge in [0.05, 0.1) is 6.10 Å². The molecule has 0 aliphatic carbocycles. The Morgan fingerprint density at radius 3 is 2.87 bits per heavy atom. The zero-order valence-electron chi connectivity index (χ0n) is 16.8. The quantitative estimate of drug-likeness (QED) is 0.411. The molecule has 2 heterocycles. The van der Waals surface area contributed by atoms with Crippen molar-refractivity contribution < 1.29 is 9.53 Å². The van der Waals surface area contributed by atoms with Gasteiger partial charge in [-0.05, 0) is 42.7 Å². The van der Waals surface area contributed by atoms with Crippen LogP contribution < -0.4 is 5.32 Å². The molecule has 0 radical (unpaired) electrons. The number of rotatable bonds is 6. The molecule has 1 aliphatic heterocycles. The highest BCUT2D eigenvalue weighted by molar-refractivity contribution is 6.35. The lowest BCUT2D eigenvalue weighted by Gasteiger charge is -2.10. The second-order valence-corrected chi connectivity index (χ2v) is 8.32. The van der Waals surface area contributed by atoms with Crippen LogP contribution in [-0.2, 0) is 16.1 Å². The SMILES string of the molecule is N#C/C(=C\c1cn(Cc2ccc(Cl)cc2Cl)c2ccccc12)C(=O)NCC1CCCO1. The van der Waals surface area contributed by atoms with Crippen molar-refractivity contribution in [2.45, 2.75) is 25.5 Å². The van der Waals surface area contributed by atoms with E-state index in [9.17, 15) is 10.1 Å². The first-order valence-corrected chi connectivity index (χ1v) is 10.8. The summed E-state index contributed by atoms with van der Waals surface area (Å²) in [5, 5.41) is 14.5. The van der Waals surface area contributed by atoms with Crippen molar-refractivity contribution in [2.24, 2.45) is 0 Å². The van der Waals surface area contributed by atoms with Crippen molar-refractivity contribution in [3.05, 3.63) is 75.4 Å². The lowest BCUT2D eigenvalue weighted by atomic mass is 10.1. The van der Waals surface area contributed by atoms with Crippen molar-refractivity contribution in [3.8, 4) is 6.07 Å². The third kappa shape index (κ3) is 4.94. The third-order valence-electron chi connectivity index (χ3n) is 5.35. The van der Waals surface area contributed by atoms with Gasteiger partial charge >= 0.3 is 0 Å². The Balaban J connectivity index is 1.62. The molecule has 0 saturated carbocycles. The zero-order valence-corrected chi connectivity index (χ0v) is 18.3. The van der Waals surface area contributed by atoms with E-state index in [2.05, 4.69) is 9.88 Å². The maximum atomic E-state index is 12.6. The molecule has 7 heteroatoms. The summed E-state index contributed by atoms with van der Waals surface area (Å²) in [6.07, 6.45) is 5.51. The molecule has 2 aromatic carbocycles. The van der Waals surface area contributed by atoms with Crippen LogP contribution in [0.3, 0.4) is 0 Å². The second-order valence-electron chi connectivity index (χ2n) is 7.48. The Morgan fingerprint density at radius 1 is 1.29 bits per heavy atom. The summed E-state index contributed by atoms with van der Waals surface area (Å²) in [5.41, 5.74) is 2.77. The number of benzene rings is 2. The van der Waals surface area contributed by atoms with Gasteiger partial charge < -0.3 is 14.6 Å². The van der Waals surface area contributed by atoms with Gasteiger partial charge in [0.2, 0.25) is 0 Å². The summed E-state index contributed by atoms with van der Waals surface area (Å²) in [4.78, 5) is 12.6. The Bertz CT molecular complexity index is 1190. The lowest BCUT2D eigenvalue weighted by Crippen LogP contribution is -2.32. The van der Waals surface area contributed by atoms with E-state index < -0.39 is 5.91 Å². The number of carbonyl (C=O) groups is 1. The van der Waals surface area contributed by atoms with Crippen molar-refractivity contribution >= 4 is 46.1 Å². The van der Waals surface area contributed by atoms with Crippen molar-refractivity contribution in [3.63, 3.8) is 0 Å². The van der Waals surface area contributed by atoms with Crippen LogP contribution in [0.1, 0.15) is 24.0 Å². The average molecular weight is 454 g/mol. The van der Waals surface area contributed by atoms with Crippen LogP contribution in [0.15, 0.2) is 54.2 Å². The molecule has 3 aromatic rings. The van der Waals surface area contributed by atoms with Crippen molar-refractivity contribution in [2.75, 3.05) is 13.2 Å². The molecule has 31 heavy (non-hydrogen) atoms. The van der Waals surface area contributed by atoms with E-state index in [-0.39, 0.29) is 11.7 Å². The molecule has 5 nitrogen and oxygen atoms in total. The van der Waals surface area contributed by atoms with Crippen molar-refractivity contribution in [1.82, 2.24) is 9.88 Å². The fourth-order valence-corrected chi connectivity index (χ4v) is 4.23. The number of nitriles is 1. The standard InChI is InChI=1S/C24H21Cl2N3O2/c25-19-8-7-16(22(26)11-19)14-29-15-18(21-5-1-2-6-23(21)29)10-17(12-27)24(30)28-13-20-4-3-9-31-20/h1-2,5-8,10-11,15,20H,3-4,9,13-14H2,(H,28,30)/b17-10+. The monoisotopic (exact) mass is 453 g/mol. The molecule has 1 N–H and O–H groups in total. The van der Waals surface area contributed by atoms with Crippen LogP contribution in [0.4, 0.5) is 0 Å². The van der Waals surface area contributed by atoms with E-state index in [4.69, 9.17) is 27.9 Å². The number of halogens is 2. The number of ether oxygens (including phenoxy) is 1. The molecule has 0 spiro atoms. The minimum Gasteiger partial charge on any atom is -0.376 e. The van der Waals surface area contributed by atoms with E-state index in [1.54, 1.807) is 12.1 Å². The molecule has 4 rings (SSSR count). The number of amides is 1. The summed E-state index contributed by atoms with van der Waals surface area (Å²) in [5.74, 6) is -0.393. The van der Waals surface area contributed by atoms with Gasteiger partial charge in [-0.3, -0.25) is 4.79 Å². The van der Waals surface area contributed by atoms with E-state index in [0.29, 0.717) is 23.1 Å². The molecule has 1 unspecified atom stereocenters. The number of aromatic nitrogens is 1. The van der Waals surface area contributed by atoms with Gasteiger partial charge in [0.15, 0.2) is 0 Å². The Kier molecular flexibility index (Phi) is 6.62. The summed E-state index contributed by atoms with van der Waals surface area (Å²) in [6.45, 7) is 1.67. The number of nitrogens with zero attached hydrogens (tertiary/aromatic N) is 2. The fraction of sp³-hybridized carbons (Fsp3) is 0.250. The number of nitrogens with one attached hydrogen (secondary N) is 1. The number of hydrogen-bond donors (Lipinski definition) is 1. The predicted molar refractivity (Wildman–Crippen MR) is 123 cm³/mol. The predicted octanol–water partition coefficient (Wildman–Crippen LogP) is 5.20. The summed E-state index contributed by atoms with van der Waals surface area (Å²) < 4.78 is 7.58. The second kappa shape index (κ2) is 9.57. The van der Waals surface area contributed by atoms with Gasteiger partial charge in [-0.25, -0.2) is 0 Å². The maximum absolute atomic E-state index is 12.6. The zero-order chi connectivity index (χ0) is 21.8. The maximum Gasteiger partial charge on any atom is 0.262 e. The largest absolute Gasteiger partial charge is 0.376 e. The topological polar surface area (TPSA) is 67.0 Å². The van der Waals surface area contributed by atoms with Crippen molar-refractivity contribution in [1.29, 1.82) is 5.26 Å². The molecular formula is C24H21Cl2N3O2. The highest BCUT2D eigenvalue weighted by Gasteiger charge is 2.18. The molecule has 158 valence electrons. The van der Waals surface area contributed by atoms with E-state index in [1.807, 2.05) is 48.7 Å². The Hall–Kier alpha value is -2.78. The van der Waals surface area contributed by atoms with Gasteiger partial charge in [-0.2, -0.15) is 5.26 Å². The summed E-state index contributed by atoms with van der Waals surface area (Å²) >= 11 is 12.4. The molecule has 1 amide bonds. The summed E-state index contributed by atoms with van der Waals surface area (Å²) in [6, 6.07) is 15.3. The van der Waals surface area contributed by atoms with E-state index in [1.165, 1.54) is 0 Å². The highest BCUT2D eigenvalue weighted by Crippen LogP contribution is 2.27. The minimum absolute atomic E-state index is 0.0231. The Morgan fingerprint density at radius 2 is 2.13 bits per heavy atom. The van der Waals surface area contributed by atoms with E-state index in [0.717, 1.165) is 41.5 Å². The van der Waals surface area contributed by atoms with E-state index >= 15 is 0 Å². The van der Waals surface area contributed by atoms with Gasteiger partial charge in [0.1, 0.15) is 11.6 Å². The minimum atomic E-state index is -0.393. The number of fused-ring (bicyclic) bond motifs is 1. The van der Waals surface area contributed by atoms with Crippen LogP contribution >= 0.6 is 23.2 Å². The molecule has 1 saturated heterocycles. The summed E-state index contributed by atoms with van der Waals surface area (Å²) in [7, 11) is 0. The molecule has 1 fully saturated rings. The van der Waals surface area contributed by atoms with Crippen LogP contribution in [-0.4, -0.2) is 29.7 Å². The number of para-hydroxylation sites is 1. The van der Waals surface area contributed by atoms with Crippen LogP contribution in [0, 0.1) is 11.3 Å². The molecule has 1 aliphatic rings. The fourth-order valence-electron chi connectivity index (χ4n) is 3.77. The molecular weight excluding hydrogens is 433 g/mol. The average Bonchev–Trinajstić information content (AvgIpc) is 3.41. The molecule has 1 aromatic heterocycles. The van der Waals surface area contributed by atoms with Gasteiger partial charge in [0.25, 0.3) is 5.91 Å². The van der Waals surface area contributed by atoms with Crippen LogP contribution in [0.5, 0.6) is 0 Å². The molecule has 0 bridgehead atoms. The van der Waals surface area contributed by atoms with Gasteiger partial charge in [0, 0.05) is 52.4 Å².